The molecule has 3 rings (SSSR count). The quantitative estimate of drug-likeness (QED) is 0.674. The summed E-state index contributed by atoms with van der Waals surface area (Å²) in [7, 11) is -3.73. The largest absolute Gasteiger partial charge is 0.360 e. The van der Waals surface area contributed by atoms with E-state index in [4.69, 9.17) is 16.1 Å². The van der Waals surface area contributed by atoms with Gasteiger partial charge in [-0.1, -0.05) is 16.8 Å². The van der Waals surface area contributed by atoms with Crippen LogP contribution in [0.5, 0.6) is 0 Å². The van der Waals surface area contributed by atoms with Crippen LogP contribution in [0.1, 0.15) is 28.2 Å². The lowest BCUT2D eigenvalue weighted by Gasteiger charge is -2.22. The van der Waals surface area contributed by atoms with E-state index in [0.717, 1.165) is 4.90 Å². The summed E-state index contributed by atoms with van der Waals surface area (Å²) in [6.07, 6.45) is 2.47. The third kappa shape index (κ3) is 4.07. The Bertz CT molecular complexity index is 971. The van der Waals surface area contributed by atoms with Crippen LogP contribution in [0.2, 0.25) is 5.02 Å². The predicted octanol–water partition coefficient (Wildman–Crippen LogP) is 3.20. The van der Waals surface area contributed by atoms with Gasteiger partial charge >= 0.3 is 0 Å². The Kier molecular flexibility index (Phi) is 6.38. The molecule has 0 radical (unpaired) electrons. The van der Waals surface area contributed by atoms with Gasteiger partial charge in [0.1, 0.15) is 10.6 Å². The van der Waals surface area contributed by atoms with E-state index in [1.54, 1.807) is 30.9 Å². The molecule has 1 fully saturated rings. The van der Waals surface area contributed by atoms with E-state index in [1.165, 1.54) is 16.1 Å². The summed E-state index contributed by atoms with van der Waals surface area (Å²) < 4.78 is 32.5. The van der Waals surface area contributed by atoms with Crippen molar-refractivity contribution in [2.24, 2.45) is 0 Å². The average Bonchev–Trinajstić information content (AvgIpc) is 2.87. The zero-order valence-electron chi connectivity index (χ0n) is 15.9. The van der Waals surface area contributed by atoms with Crippen LogP contribution in [-0.2, 0) is 10.0 Å². The molecule has 1 aliphatic rings. The molecule has 0 N–H and O–H groups in total. The molecule has 0 atom stereocenters. The Labute approximate surface area is 174 Å². The molecule has 2 heterocycles. The number of sulfonamides is 1. The van der Waals surface area contributed by atoms with Crippen LogP contribution in [0, 0.1) is 13.8 Å². The number of carbonyl (C=O) groups excluding carboxylic acids is 1. The van der Waals surface area contributed by atoms with Gasteiger partial charge in [-0.2, -0.15) is 4.31 Å². The molecule has 7 nitrogen and oxygen atoms in total. The highest BCUT2D eigenvalue weighted by molar-refractivity contribution is 7.98. The average molecular weight is 444 g/mol. The summed E-state index contributed by atoms with van der Waals surface area (Å²) in [4.78, 5) is 15.7. The van der Waals surface area contributed by atoms with Crippen LogP contribution in [0.4, 0.5) is 0 Å². The molecule has 0 aliphatic carbocycles. The number of benzene rings is 1. The number of hydrogen-bond donors (Lipinski definition) is 0. The normalized spacial score (nSPS) is 16.2. The number of carbonyl (C=O) groups is 1. The maximum absolute atomic E-state index is 13.0. The summed E-state index contributed by atoms with van der Waals surface area (Å²) in [5, 5.41) is 4.14. The minimum Gasteiger partial charge on any atom is -0.360 e. The lowest BCUT2D eigenvalue weighted by molar-refractivity contribution is 0.0764. The summed E-state index contributed by atoms with van der Waals surface area (Å²) in [5.74, 6) is 0.0906. The monoisotopic (exact) mass is 443 g/mol. The number of thioether (sulfide) groups is 1. The molecule has 1 amide bonds. The number of hydrogen-bond acceptors (Lipinski definition) is 6. The smallest absolute Gasteiger partial charge is 0.255 e. The molecular formula is C18H22ClN3O4S2. The Hall–Kier alpha value is -1.55. The van der Waals surface area contributed by atoms with Gasteiger partial charge in [-0.15, -0.1) is 11.8 Å². The predicted molar refractivity (Wildman–Crippen MR) is 108 cm³/mol. The van der Waals surface area contributed by atoms with Gasteiger partial charge in [0.2, 0.25) is 10.0 Å². The lowest BCUT2D eigenvalue weighted by Crippen LogP contribution is -2.37. The number of aromatic nitrogens is 1. The minimum absolute atomic E-state index is 0.114. The van der Waals surface area contributed by atoms with Crippen molar-refractivity contribution in [1.82, 2.24) is 14.4 Å². The van der Waals surface area contributed by atoms with Crippen molar-refractivity contribution < 1.29 is 17.7 Å². The van der Waals surface area contributed by atoms with E-state index in [9.17, 15) is 13.2 Å². The van der Waals surface area contributed by atoms with Gasteiger partial charge in [-0.3, -0.25) is 4.79 Å². The minimum atomic E-state index is -3.73. The summed E-state index contributed by atoms with van der Waals surface area (Å²) in [6, 6.07) is 5.36. The second kappa shape index (κ2) is 8.44. The standard InChI is InChI=1S/C18H22ClN3O4S2/c1-12-17(13(2)26-20-12)28(24,25)22-8-4-7-21(9-10-22)18(23)15-11-14(27-3)5-6-16(15)19/h5-6,11H,4,7-10H2,1-3H3. The Morgan fingerprint density at radius 3 is 2.61 bits per heavy atom. The molecule has 0 unspecified atom stereocenters. The molecule has 0 spiro atoms. The highest BCUT2D eigenvalue weighted by atomic mass is 35.5. The first-order valence-corrected chi connectivity index (χ1v) is 11.9. The van der Waals surface area contributed by atoms with E-state index < -0.39 is 10.0 Å². The third-order valence-electron chi connectivity index (χ3n) is 4.71. The van der Waals surface area contributed by atoms with Gasteiger partial charge in [0.05, 0.1) is 10.6 Å². The molecule has 1 aliphatic heterocycles. The first kappa shape index (κ1) is 21.2. The fourth-order valence-electron chi connectivity index (χ4n) is 3.27. The van der Waals surface area contributed by atoms with Crippen LogP contribution in [0.15, 0.2) is 32.5 Å². The lowest BCUT2D eigenvalue weighted by atomic mass is 10.2. The topological polar surface area (TPSA) is 83.7 Å². The second-order valence-electron chi connectivity index (χ2n) is 6.55. The van der Waals surface area contributed by atoms with Crippen molar-refractivity contribution in [3.8, 4) is 0 Å². The molecule has 1 aromatic heterocycles. The van der Waals surface area contributed by atoms with E-state index in [-0.39, 0.29) is 23.1 Å². The number of rotatable bonds is 4. The van der Waals surface area contributed by atoms with E-state index in [1.807, 2.05) is 12.3 Å². The van der Waals surface area contributed by atoms with E-state index in [2.05, 4.69) is 5.16 Å². The van der Waals surface area contributed by atoms with Gasteiger partial charge in [0.15, 0.2) is 5.76 Å². The molecule has 10 heteroatoms. The third-order valence-corrected chi connectivity index (χ3v) is 7.91. The molecule has 1 saturated heterocycles. The molecule has 2 aromatic rings. The fraction of sp³-hybridized carbons (Fsp3) is 0.444. The van der Waals surface area contributed by atoms with Gasteiger partial charge in [0.25, 0.3) is 5.91 Å². The highest BCUT2D eigenvalue weighted by Gasteiger charge is 2.33. The van der Waals surface area contributed by atoms with Crippen LogP contribution in [-0.4, -0.2) is 61.1 Å². The molecule has 0 saturated carbocycles. The molecule has 152 valence electrons. The van der Waals surface area contributed by atoms with Gasteiger partial charge in [0, 0.05) is 31.1 Å². The van der Waals surface area contributed by atoms with E-state index in [0.29, 0.717) is 42.3 Å². The molecule has 28 heavy (non-hydrogen) atoms. The summed E-state index contributed by atoms with van der Waals surface area (Å²) in [5.41, 5.74) is 0.783. The Morgan fingerprint density at radius 2 is 1.96 bits per heavy atom. The SMILES string of the molecule is CSc1ccc(Cl)c(C(=O)N2CCCN(S(=O)(=O)c3c(C)noc3C)CC2)c1. The van der Waals surface area contributed by atoms with Crippen molar-refractivity contribution in [1.29, 1.82) is 0 Å². The summed E-state index contributed by atoms with van der Waals surface area (Å²) in [6.45, 7) is 4.49. The van der Waals surface area contributed by atoms with Crippen LogP contribution < -0.4 is 0 Å². The number of nitrogens with zero attached hydrogens (tertiary/aromatic N) is 3. The van der Waals surface area contributed by atoms with Crippen molar-refractivity contribution in [3.63, 3.8) is 0 Å². The zero-order chi connectivity index (χ0) is 20.5. The maximum Gasteiger partial charge on any atom is 0.255 e. The number of amides is 1. The van der Waals surface area contributed by atoms with Gasteiger partial charge < -0.3 is 9.42 Å². The number of halogens is 1. The highest BCUT2D eigenvalue weighted by Crippen LogP contribution is 2.26. The van der Waals surface area contributed by atoms with Crippen LogP contribution in [0.3, 0.4) is 0 Å². The van der Waals surface area contributed by atoms with Crippen molar-refractivity contribution >= 4 is 39.3 Å². The zero-order valence-corrected chi connectivity index (χ0v) is 18.3. The molecular weight excluding hydrogens is 422 g/mol. The van der Waals surface area contributed by atoms with Crippen molar-refractivity contribution in [2.45, 2.75) is 30.1 Å². The van der Waals surface area contributed by atoms with Crippen LogP contribution in [0.25, 0.3) is 0 Å². The first-order chi connectivity index (χ1) is 13.3. The molecule has 0 bridgehead atoms. The first-order valence-electron chi connectivity index (χ1n) is 8.81. The van der Waals surface area contributed by atoms with Crippen LogP contribution >= 0.6 is 23.4 Å². The summed E-state index contributed by atoms with van der Waals surface area (Å²) >= 11 is 7.76. The van der Waals surface area contributed by atoms with E-state index >= 15 is 0 Å². The van der Waals surface area contributed by atoms with Gasteiger partial charge in [-0.25, -0.2) is 8.42 Å². The molecule has 1 aromatic carbocycles. The fourth-order valence-corrected chi connectivity index (χ4v) is 5.67. The maximum atomic E-state index is 13.0. The van der Waals surface area contributed by atoms with Gasteiger partial charge in [-0.05, 0) is 44.7 Å². The van der Waals surface area contributed by atoms with Crippen molar-refractivity contribution in [2.75, 3.05) is 32.4 Å². The number of aryl methyl sites for hydroxylation is 2. The van der Waals surface area contributed by atoms with Crippen molar-refractivity contribution in [3.05, 3.63) is 40.2 Å². The Balaban J connectivity index is 1.79. The Morgan fingerprint density at radius 1 is 1.21 bits per heavy atom. The second-order valence-corrected chi connectivity index (χ2v) is 9.71.